The van der Waals surface area contributed by atoms with Gasteiger partial charge in [-0.3, -0.25) is 14.9 Å². The number of carbonyl (C=O) groups excluding carboxylic acids is 1. The summed E-state index contributed by atoms with van der Waals surface area (Å²) in [5.74, 6) is -1.37. The third-order valence-corrected chi connectivity index (χ3v) is 2.49. The van der Waals surface area contributed by atoms with Gasteiger partial charge < -0.3 is 4.74 Å². The molecule has 0 amide bonds. The minimum atomic E-state index is -0.750. The van der Waals surface area contributed by atoms with Gasteiger partial charge in [0.05, 0.1) is 29.0 Å². The summed E-state index contributed by atoms with van der Waals surface area (Å²) in [6.07, 6.45) is -0.272. The second-order valence-electron chi connectivity index (χ2n) is 2.91. The standard InChI is InChI=1S/C9H7BrFNO4/c1-16-9(13)3-5-2-6(10)7(11)4-8(5)12(14)15/h2,4H,3H2,1H3. The monoisotopic (exact) mass is 291 g/mol. The molecule has 16 heavy (non-hydrogen) atoms. The number of nitro benzene ring substituents is 1. The van der Waals surface area contributed by atoms with Crippen LogP contribution in [0, 0.1) is 15.9 Å². The first-order valence-corrected chi connectivity index (χ1v) is 4.94. The summed E-state index contributed by atoms with van der Waals surface area (Å²) in [5, 5.41) is 10.6. The Hall–Kier alpha value is -1.50. The van der Waals surface area contributed by atoms with Crippen LogP contribution in [0.15, 0.2) is 16.6 Å². The lowest BCUT2D eigenvalue weighted by Crippen LogP contribution is -2.07. The molecule has 0 aliphatic carbocycles. The van der Waals surface area contributed by atoms with Gasteiger partial charge in [0.25, 0.3) is 5.69 Å². The van der Waals surface area contributed by atoms with Crippen molar-refractivity contribution in [1.29, 1.82) is 0 Å². The van der Waals surface area contributed by atoms with Crippen LogP contribution in [0.2, 0.25) is 0 Å². The molecule has 0 saturated carbocycles. The molecule has 0 spiro atoms. The third kappa shape index (κ3) is 2.75. The molecular weight excluding hydrogens is 285 g/mol. The SMILES string of the molecule is COC(=O)Cc1cc(Br)c(F)cc1[N+](=O)[O-]. The number of halogens is 2. The highest BCUT2D eigenvalue weighted by molar-refractivity contribution is 9.10. The normalized spacial score (nSPS) is 9.94. The van der Waals surface area contributed by atoms with Gasteiger partial charge in [-0.25, -0.2) is 4.39 Å². The molecule has 1 aromatic carbocycles. The molecule has 0 N–H and O–H groups in total. The number of nitrogens with zero attached hydrogens (tertiary/aromatic N) is 1. The number of benzene rings is 1. The second kappa shape index (κ2) is 5.02. The van der Waals surface area contributed by atoms with Gasteiger partial charge in [-0.1, -0.05) is 0 Å². The van der Waals surface area contributed by atoms with Gasteiger partial charge in [0, 0.05) is 5.56 Å². The fourth-order valence-electron chi connectivity index (χ4n) is 1.12. The Morgan fingerprint density at radius 1 is 1.62 bits per heavy atom. The number of hydrogen-bond acceptors (Lipinski definition) is 4. The molecule has 0 unspecified atom stereocenters. The van der Waals surface area contributed by atoms with Crippen LogP contribution in [-0.4, -0.2) is 18.0 Å². The Kier molecular flexibility index (Phi) is 3.94. The molecule has 7 heteroatoms. The number of hydrogen-bond donors (Lipinski definition) is 0. The molecule has 0 saturated heterocycles. The van der Waals surface area contributed by atoms with Gasteiger partial charge in [0.1, 0.15) is 5.82 Å². The number of methoxy groups -OCH3 is 1. The lowest BCUT2D eigenvalue weighted by atomic mass is 10.1. The van der Waals surface area contributed by atoms with Crippen LogP contribution in [0.5, 0.6) is 0 Å². The molecule has 0 bridgehead atoms. The maximum absolute atomic E-state index is 13.1. The molecule has 0 fully saturated rings. The van der Waals surface area contributed by atoms with E-state index in [1.165, 1.54) is 13.2 Å². The van der Waals surface area contributed by atoms with E-state index in [4.69, 9.17) is 0 Å². The average Bonchev–Trinajstić information content (AvgIpc) is 2.22. The highest BCUT2D eigenvalue weighted by Crippen LogP contribution is 2.26. The number of rotatable bonds is 3. The summed E-state index contributed by atoms with van der Waals surface area (Å²) >= 11 is 2.89. The van der Waals surface area contributed by atoms with Crippen molar-refractivity contribution >= 4 is 27.6 Å². The average molecular weight is 292 g/mol. The van der Waals surface area contributed by atoms with Crippen molar-refractivity contribution in [2.24, 2.45) is 0 Å². The van der Waals surface area contributed by atoms with Crippen molar-refractivity contribution in [3.63, 3.8) is 0 Å². The largest absolute Gasteiger partial charge is 0.469 e. The zero-order valence-electron chi connectivity index (χ0n) is 8.20. The quantitative estimate of drug-likeness (QED) is 0.486. The topological polar surface area (TPSA) is 69.4 Å². The van der Waals surface area contributed by atoms with E-state index in [2.05, 4.69) is 20.7 Å². The van der Waals surface area contributed by atoms with E-state index < -0.39 is 22.4 Å². The van der Waals surface area contributed by atoms with Crippen molar-refractivity contribution < 1.29 is 18.8 Å². The zero-order valence-corrected chi connectivity index (χ0v) is 9.78. The highest BCUT2D eigenvalue weighted by Gasteiger charge is 2.19. The molecule has 0 radical (unpaired) electrons. The molecule has 0 aromatic heterocycles. The molecule has 1 aromatic rings. The highest BCUT2D eigenvalue weighted by atomic mass is 79.9. The van der Waals surface area contributed by atoms with Crippen LogP contribution in [0.1, 0.15) is 5.56 Å². The maximum Gasteiger partial charge on any atom is 0.310 e. The van der Waals surface area contributed by atoms with Crippen LogP contribution in [0.4, 0.5) is 10.1 Å². The van der Waals surface area contributed by atoms with Crippen molar-refractivity contribution in [2.45, 2.75) is 6.42 Å². The molecule has 0 heterocycles. The van der Waals surface area contributed by atoms with Gasteiger partial charge in [-0.15, -0.1) is 0 Å². The second-order valence-corrected chi connectivity index (χ2v) is 3.76. The fourth-order valence-corrected chi connectivity index (χ4v) is 1.51. The Balaban J connectivity index is 3.19. The smallest absolute Gasteiger partial charge is 0.310 e. The molecule has 5 nitrogen and oxygen atoms in total. The summed E-state index contributed by atoms with van der Waals surface area (Å²) in [7, 11) is 1.17. The Labute approximate surface area is 98.5 Å². The van der Waals surface area contributed by atoms with E-state index in [1.807, 2.05) is 0 Å². The molecule has 0 aliphatic rings. The van der Waals surface area contributed by atoms with E-state index in [0.29, 0.717) is 0 Å². The van der Waals surface area contributed by atoms with Gasteiger partial charge in [0.2, 0.25) is 0 Å². The van der Waals surface area contributed by atoms with E-state index in [9.17, 15) is 19.3 Å². The predicted molar refractivity (Wildman–Crippen MR) is 56.5 cm³/mol. The van der Waals surface area contributed by atoms with Crippen LogP contribution in [0.25, 0.3) is 0 Å². The van der Waals surface area contributed by atoms with Crippen LogP contribution in [-0.2, 0) is 16.0 Å². The minimum absolute atomic E-state index is 0.0667. The van der Waals surface area contributed by atoms with Gasteiger partial charge in [0.15, 0.2) is 0 Å². The Morgan fingerprint density at radius 2 is 2.25 bits per heavy atom. The van der Waals surface area contributed by atoms with Crippen molar-refractivity contribution in [3.8, 4) is 0 Å². The van der Waals surface area contributed by atoms with Crippen LogP contribution >= 0.6 is 15.9 Å². The van der Waals surface area contributed by atoms with E-state index in [1.54, 1.807) is 0 Å². The summed E-state index contributed by atoms with van der Waals surface area (Å²) in [6.45, 7) is 0. The van der Waals surface area contributed by atoms with Gasteiger partial charge in [-0.2, -0.15) is 0 Å². The molecule has 0 atom stereocenters. The Bertz CT molecular complexity index is 449. The first-order chi connectivity index (χ1) is 7.45. The summed E-state index contributed by atoms with van der Waals surface area (Å²) in [4.78, 5) is 20.9. The summed E-state index contributed by atoms with van der Waals surface area (Å²) in [5.41, 5.74) is -0.337. The first-order valence-electron chi connectivity index (χ1n) is 4.15. The van der Waals surface area contributed by atoms with E-state index in [-0.39, 0.29) is 16.5 Å². The van der Waals surface area contributed by atoms with Crippen LogP contribution in [0.3, 0.4) is 0 Å². The molecule has 86 valence electrons. The number of carbonyl (C=O) groups is 1. The third-order valence-electron chi connectivity index (χ3n) is 1.88. The molecular formula is C9H7BrFNO4. The van der Waals surface area contributed by atoms with Gasteiger partial charge >= 0.3 is 5.97 Å². The summed E-state index contributed by atoms with van der Waals surface area (Å²) < 4.78 is 17.5. The zero-order chi connectivity index (χ0) is 12.3. The predicted octanol–water partition coefficient (Wildman–Crippen LogP) is 2.21. The lowest BCUT2D eigenvalue weighted by molar-refractivity contribution is -0.385. The van der Waals surface area contributed by atoms with E-state index >= 15 is 0 Å². The summed E-state index contributed by atoms with van der Waals surface area (Å²) in [6, 6.07) is 1.97. The lowest BCUT2D eigenvalue weighted by Gasteiger charge is -2.03. The maximum atomic E-state index is 13.1. The first kappa shape index (κ1) is 12.6. The number of nitro groups is 1. The van der Waals surface area contributed by atoms with Crippen molar-refractivity contribution in [2.75, 3.05) is 7.11 Å². The van der Waals surface area contributed by atoms with Crippen molar-refractivity contribution in [1.82, 2.24) is 0 Å². The van der Waals surface area contributed by atoms with Gasteiger partial charge in [-0.05, 0) is 22.0 Å². The van der Waals surface area contributed by atoms with E-state index in [0.717, 1.165) is 6.07 Å². The van der Waals surface area contributed by atoms with Crippen molar-refractivity contribution in [3.05, 3.63) is 38.1 Å². The van der Waals surface area contributed by atoms with Crippen LogP contribution < -0.4 is 0 Å². The minimum Gasteiger partial charge on any atom is -0.469 e. The Morgan fingerprint density at radius 3 is 2.75 bits per heavy atom. The fraction of sp³-hybridized carbons (Fsp3) is 0.222. The molecule has 1 rings (SSSR count). The molecule has 0 aliphatic heterocycles. The number of ether oxygens (including phenoxy) is 1. The number of esters is 1.